The summed E-state index contributed by atoms with van der Waals surface area (Å²) in [5, 5.41) is 3.41. The van der Waals surface area contributed by atoms with Crippen LogP contribution in [0.5, 0.6) is 0 Å². The maximum atomic E-state index is 11.7. The van der Waals surface area contributed by atoms with E-state index >= 15 is 0 Å². The fourth-order valence-electron chi connectivity index (χ4n) is 1.05. The van der Waals surface area contributed by atoms with E-state index in [9.17, 15) is 4.79 Å². The van der Waals surface area contributed by atoms with Gasteiger partial charge in [0, 0.05) is 10.7 Å². The fourth-order valence-corrected chi connectivity index (χ4v) is 1.24. The number of halogens is 1. The molecule has 0 unspecified atom stereocenters. The number of hydrogen-bond acceptors (Lipinski definition) is 2. The maximum Gasteiger partial charge on any atom is 0.241 e. The fraction of sp³-hybridized carbons (Fsp3) is 0.364. The molecule has 0 bridgehead atoms. The van der Waals surface area contributed by atoms with Gasteiger partial charge in [0.15, 0.2) is 0 Å². The minimum absolute atomic E-state index is 0.0396. The zero-order valence-corrected chi connectivity index (χ0v) is 9.88. The molecule has 0 aliphatic rings. The third kappa shape index (κ3) is 3.53. The van der Waals surface area contributed by atoms with E-state index in [1.165, 1.54) is 0 Å². The van der Waals surface area contributed by atoms with Crippen molar-refractivity contribution in [1.29, 1.82) is 0 Å². The number of hydrogen-bond donors (Lipinski definition) is 1. The number of carbonyl (C=O) groups excluding carboxylic acids is 1. The van der Waals surface area contributed by atoms with Crippen molar-refractivity contribution in [1.82, 2.24) is 4.90 Å². The van der Waals surface area contributed by atoms with Crippen LogP contribution in [0, 0.1) is 0 Å². The standard InChI is InChI=1S/C11H15ClN2O/c1-8(14(2)3)11(15)13-10-6-4-5-9(12)7-10/h4-8H,1-3H3,(H,13,15)/t8-/m1/s1. The van der Waals surface area contributed by atoms with E-state index in [-0.39, 0.29) is 11.9 Å². The minimum atomic E-state index is -0.163. The lowest BCUT2D eigenvalue weighted by Crippen LogP contribution is -2.37. The number of nitrogens with zero attached hydrogens (tertiary/aromatic N) is 1. The van der Waals surface area contributed by atoms with Gasteiger partial charge in [-0.05, 0) is 39.2 Å². The third-order valence-corrected chi connectivity index (χ3v) is 2.48. The molecule has 0 heterocycles. The van der Waals surface area contributed by atoms with Gasteiger partial charge >= 0.3 is 0 Å². The summed E-state index contributed by atoms with van der Waals surface area (Å²) in [6.45, 7) is 1.85. The highest BCUT2D eigenvalue weighted by molar-refractivity contribution is 6.30. The second-order valence-electron chi connectivity index (χ2n) is 3.64. The number of amides is 1. The molecule has 0 aliphatic carbocycles. The Morgan fingerprint density at radius 1 is 1.47 bits per heavy atom. The first-order valence-corrected chi connectivity index (χ1v) is 5.11. The number of nitrogens with one attached hydrogen (secondary N) is 1. The molecule has 3 nitrogen and oxygen atoms in total. The average Bonchev–Trinajstić information content (AvgIpc) is 2.16. The monoisotopic (exact) mass is 226 g/mol. The van der Waals surface area contributed by atoms with E-state index in [0.29, 0.717) is 5.02 Å². The summed E-state index contributed by atoms with van der Waals surface area (Å²) in [6, 6.07) is 6.95. The number of rotatable bonds is 3. The molecule has 0 radical (unpaired) electrons. The summed E-state index contributed by atoms with van der Waals surface area (Å²) in [7, 11) is 3.73. The van der Waals surface area contributed by atoms with E-state index in [1.54, 1.807) is 18.2 Å². The Hall–Kier alpha value is -1.06. The molecule has 82 valence electrons. The van der Waals surface area contributed by atoms with Crippen molar-refractivity contribution in [2.45, 2.75) is 13.0 Å². The van der Waals surface area contributed by atoms with Gasteiger partial charge in [-0.15, -0.1) is 0 Å². The van der Waals surface area contributed by atoms with E-state index in [1.807, 2.05) is 32.0 Å². The van der Waals surface area contributed by atoms with E-state index in [0.717, 1.165) is 5.69 Å². The Balaban J connectivity index is 2.66. The average molecular weight is 227 g/mol. The van der Waals surface area contributed by atoms with Gasteiger partial charge < -0.3 is 5.32 Å². The summed E-state index contributed by atoms with van der Waals surface area (Å²) in [5.41, 5.74) is 0.723. The third-order valence-electron chi connectivity index (χ3n) is 2.25. The molecule has 4 heteroatoms. The van der Waals surface area contributed by atoms with E-state index < -0.39 is 0 Å². The van der Waals surface area contributed by atoms with Crippen LogP contribution in [0.15, 0.2) is 24.3 Å². The predicted molar refractivity (Wildman–Crippen MR) is 63.2 cm³/mol. The SMILES string of the molecule is C[C@H](C(=O)Nc1cccc(Cl)c1)N(C)C. The molecule has 0 fully saturated rings. The highest BCUT2D eigenvalue weighted by Gasteiger charge is 2.14. The van der Waals surface area contributed by atoms with Crippen molar-refractivity contribution in [3.05, 3.63) is 29.3 Å². The van der Waals surface area contributed by atoms with Gasteiger partial charge in [-0.1, -0.05) is 17.7 Å². The highest BCUT2D eigenvalue weighted by Crippen LogP contribution is 2.15. The van der Waals surface area contributed by atoms with Crippen molar-refractivity contribution in [3.63, 3.8) is 0 Å². The molecule has 0 saturated carbocycles. The number of likely N-dealkylation sites (N-methyl/N-ethyl adjacent to an activating group) is 1. The largest absolute Gasteiger partial charge is 0.325 e. The van der Waals surface area contributed by atoms with Gasteiger partial charge in [-0.25, -0.2) is 0 Å². The molecule has 1 aromatic carbocycles. The van der Waals surface area contributed by atoms with Crippen molar-refractivity contribution in [2.75, 3.05) is 19.4 Å². The van der Waals surface area contributed by atoms with Crippen LogP contribution >= 0.6 is 11.6 Å². The van der Waals surface area contributed by atoms with E-state index in [4.69, 9.17) is 11.6 Å². The van der Waals surface area contributed by atoms with Crippen molar-refractivity contribution in [2.24, 2.45) is 0 Å². The van der Waals surface area contributed by atoms with Crippen LogP contribution in [0.4, 0.5) is 5.69 Å². The Labute approximate surface area is 95.0 Å². The molecule has 1 aromatic rings. The lowest BCUT2D eigenvalue weighted by Gasteiger charge is -2.18. The molecular weight excluding hydrogens is 212 g/mol. The van der Waals surface area contributed by atoms with Crippen LogP contribution in [0.25, 0.3) is 0 Å². The molecule has 1 atom stereocenters. The second kappa shape index (κ2) is 5.14. The molecular formula is C11H15ClN2O. The first kappa shape index (κ1) is 12.0. The zero-order valence-electron chi connectivity index (χ0n) is 9.12. The molecule has 0 saturated heterocycles. The number of benzene rings is 1. The van der Waals surface area contributed by atoms with E-state index in [2.05, 4.69) is 5.32 Å². The van der Waals surface area contributed by atoms with Crippen molar-refractivity contribution >= 4 is 23.2 Å². The highest BCUT2D eigenvalue weighted by atomic mass is 35.5. The molecule has 0 aromatic heterocycles. The normalized spacial score (nSPS) is 12.6. The summed E-state index contributed by atoms with van der Waals surface area (Å²) in [6.07, 6.45) is 0. The zero-order chi connectivity index (χ0) is 11.4. The van der Waals surface area contributed by atoms with Gasteiger partial charge in [0.1, 0.15) is 0 Å². The number of carbonyl (C=O) groups is 1. The van der Waals surface area contributed by atoms with Gasteiger partial charge in [0.25, 0.3) is 0 Å². The quantitative estimate of drug-likeness (QED) is 0.857. The summed E-state index contributed by atoms with van der Waals surface area (Å²) < 4.78 is 0. The lowest BCUT2D eigenvalue weighted by molar-refractivity contribution is -0.119. The van der Waals surface area contributed by atoms with Crippen LogP contribution < -0.4 is 5.32 Å². The Kier molecular flexibility index (Phi) is 4.12. The topological polar surface area (TPSA) is 32.3 Å². The van der Waals surface area contributed by atoms with Crippen molar-refractivity contribution < 1.29 is 4.79 Å². The van der Waals surface area contributed by atoms with Crippen LogP contribution in [-0.4, -0.2) is 30.9 Å². The van der Waals surface area contributed by atoms with Gasteiger partial charge in [-0.3, -0.25) is 9.69 Å². The Bertz CT molecular complexity index is 352. The molecule has 1 N–H and O–H groups in total. The number of anilines is 1. The predicted octanol–water partition coefficient (Wildman–Crippen LogP) is 2.23. The van der Waals surface area contributed by atoms with Gasteiger partial charge in [0.05, 0.1) is 6.04 Å². The Morgan fingerprint density at radius 3 is 2.67 bits per heavy atom. The summed E-state index contributed by atoms with van der Waals surface area (Å²) >= 11 is 5.81. The molecule has 0 aliphatic heterocycles. The van der Waals surface area contributed by atoms with Crippen LogP contribution in [-0.2, 0) is 4.79 Å². The Morgan fingerprint density at radius 2 is 2.13 bits per heavy atom. The first-order valence-electron chi connectivity index (χ1n) is 4.73. The van der Waals surface area contributed by atoms with Crippen LogP contribution in [0.1, 0.15) is 6.92 Å². The second-order valence-corrected chi connectivity index (χ2v) is 4.08. The summed E-state index contributed by atoms with van der Waals surface area (Å²) in [4.78, 5) is 13.5. The van der Waals surface area contributed by atoms with Crippen LogP contribution in [0.3, 0.4) is 0 Å². The minimum Gasteiger partial charge on any atom is -0.325 e. The summed E-state index contributed by atoms with van der Waals surface area (Å²) in [5.74, 6) is -0.0396. The van der Waals surface area contributed by atoms with Gasteiger partial charge in [0.2, 0.25) is 5.91 Å². The van der Waals surface area contributed by atoms with Crippen LogP contribution in [0.2, 0.25) is 5.02 Å². The van der Waals surface area contributed by atoms with Crippen molar-refractivity contribution in [3.8, 4) is 0 Å². The molecule has 15 heavy (non-hydrogen) atoms. The molecule has 0 spiro atoms. The van der Waals surface area contributed by atoms with Gasteiger partial charge in [-0.2, -0.15) is 0 Å². The first-order chi connectivity index (χ1) is 7.00. The molecule has 1 amide bonds. The smallest absolute Gasteiger partial charge is 0.241 e. The lowest BCUT2D eigenvalue weighted by atomic mass is 10.2. The molecule has 1 rings (SSSR count). The maximum absolute atomic E-state index is 11.7.